The van der Waals surface area contributed by atoms with Crippen LogP contribution in [0.1, 0.15) is 11.1 Å². The molecule has 2 rings (SSSR count). The summed E-state index contributed by atoms with van der Waals surface area (Å²) in [4.78, 5) is 0. The molecule has 0 unspecified atom stereocenters. The first-order valence-electron chi connectivity index (χ1n) is 5.97. The van der Waals surface area contributed by atoms with Crippen LogP contribution in [0.3, 0.4) is 0 Å². The van der Waals surface area contributed by atoms with Gasteiger partial charge in [0.2, 0.25) is 0 Å². The van der Waals surface area contributed by atoms with Crippen LogP contribution in [0.5, 0.6) is 11.5 Å². The molecule has 0 saturated carbocycles. The summed E-state index contributed by atoms with van der Waals surface area (Å²) in [6, 6.07) is 11.6. The number of ether oxygens (including phenoxy) is 1. The van der Waals surface area contributed by atoms with E-state index < -0.39 is 0 Å². The van der Waals surface area contributed by atoms with Crippen LogP contribution in [0.2, 0.25) is 5.02 Å². The van der Waals surface area contributed by atoms with Crippen molar-refractivity contribution in [2.45, 2.75) is 13.5 Å². The van der Waals surface area contributed by atoms with Crippen molar-refractivity contribution >= 4 is 27.5 Å². The van der Waals surface area contributed by atoms with Gasteiger partial charge in [-0.2, -0.15) is 0 Å². The molecule has 0 atom stereocenters. The highest BCUT2D eigenvalue weighted by atomic mass is 79.9. The minimum Gasteiger partial charge on any atom is -0.457 e. The molecule has 0 fully saturated rings. The number of aryl methyl sites for hydroxylation is 1. The first-order valence-corrected chi connectivity index (χ1v) is 7.14. The molecule has 0 aliphatic heterocycles. The van der Waals surface area contributed by atoms with E-state index >= 15 is 0 Å². The van der Waals surface area contributed by atoms with Crippen LogP contribution in [0.4, 0.5) is 0 Å². The summed E-state index contributed by atoms with van der Waals surface area (Å²) in [7, 11) is 1.92. The van der Waals surface area contributed by atoms with Gasteiger partial charge >= 0.3 is 0 Å². The van der Waals surface area contributed by atoms with E-state index in [4.69, 9.17) is 16.3 Å². The third-order valence-electron chi connectivity index (χ3n) is 2.76. The van der Waals surface area contributed by atoms with Gasteiger partial charge in [0.1, 0.15) is 11.5 Å². The van der Waals surface area contributed by atoms with Gasteiger partial charge in [0.05, 0.1) is 0 Å². The average molecular weight is 341 g/mol. The molecule has 19 heavy (non-hydrogen) atoms. The van der Waals surface area contributed by atoms with Crippen LogP contribution in [0.25, 0.3) is 0 Å². The van der Waals surface area contributed by atoms with Crippen LogP contribution in [0, 0.1) is 6.92 Å². The molecule has 1 N–H and O–H groups in total. The van der Waals surface area contributed by atoms with E-state index in [1.807, 2.05) is 50.4 Å². The fraction of sp³-hybridized carbons (Fsp3) is 0.200. The highest BCUT2D eigenvalue weighted by Gasteiger charge is 2.04. The lowest BCUT2D eigenvalue weighted by Crippen LogP contribution is -2.05. The number of halogens is 2. The van der Waals surface area contributed by atoms with Crippen molar-refractivity contribution in [1.82, 2.24) is 5.32 Å². The second-order valence-corrected chi connectivity index (χ2v) is 5.56. The van der Waals surface area contributed by atoms with Gasteiger partial charge in [-0.15, -0.1) is 0 Å². The van der Waals surface area contributed by atoms with E-state index in [-0.39, 0.29) is 0 Å². The van der Waals surface area contributed by atoms with Crippen molar-refractivity contribution in [3.05, 3.63) is 57.0 Å². The molecular weight excluding hydrogens is 326 g/mol. The lowest BCUT2D eigenvalue weighted by molar-refractivity contribution is 0.481. The Morgan fingerprint density at radius 2 is 1.84 bits per heavy atom. The molecular formula is C15H15BrClNO. The van der Waals surface area contributed by atoms with Gasteiger partial charge in [0, 0.05) is 16.0 Å². The maximum atomic E-state index is 5.99. The van der Waals surface area contributed by atoms with Crippen LogP contribution < -0.4 is 10.1 Å². The monoisotopic (exact) mass is 339 g/mol. The summed E-state index contributed by atoms with van der Waals surface area (Å²) < 4.78 is 6.85. The molecule has 4 heteroatoms. The Kier molecular flexibility index (Phi) is 4.86. The lowest BCUT2D eigenvalue weighted by Gasteiger charge is -2.10. The van der Waals surface area contributed by atoms with E-state index in [1.54, 1.807) is 0 Å². The van der Waals surface area contributed by atoms with Crippen LogP contribution >= 0.6 is 27.5 Å². The highest BCUT2D eigenvalue weighted by Crippen LogP contribution is 2.29. The van der Waals surface area contributed by atoms with Gasteiger partial charge in [0.15, 0.2) is 0 Å². The molecule has 0 aromatic heterocycles. The lowest BCUT2D eigenvalue weighted by atomic mass is 10.2. The Hall–Kier alpha value is -1.03. The van der Waals surface area contributed by atoms with Gasteiger partial charge < -0.3 is 10.1 Å². The van der Waals surface area contributed by atoms with E-state index in [0.717, 1.165) is 33.1 Å². The Morgan fingerprint density at radius 3 is 2.47 bits per heavy atom. The third-order valence-corrected chi connectivity index (χ3v) is 3.92. The third kappa shape index (κ3) is 3.72. The van der Waals surface area contributed by atoms with Gasteiger partial charge in [-0.3, -0.25) is 0 Å². The minimum atomic E-state index is 0.748. The SMILES string of the molecule is CNCc1ccc(Oc2ccc(Cl)c(C)c2)cc1Br. The van der Waals surface area contributed by atoms with Crippen molar-refractivity contribution < 1.29 is 4.74 Å². The van der Waals surface area contributed by atoms with Crippen LogP contribution in [-0.2, 0) is 6.54 Å². The molecule has 0 bridgehead atoms. The van der Waals surface area contributed by atoms with Crippen LogP contribution in [0.15, 0.2) is 40.9 Å². The molecule has 0 aliphatic carbocycles. The van der Waals surface area contributed by atoms with E-state index in [0.29, 0.717) is 0 Å². The maximum Gasteiger partial charge on any atom is 0.128 e. The Labute approximate surface area is 126 Å². The average Bonchev–Trinajstić information content (AvgIpc) is 2.37. The van der Waals surface area contributed by atoms with Gasteiger partial charge in [0.25, 0.3) is 0 Å². The Bertz CT molecular complexity index is 586. The maximum absolute atomic E-state index is 5.99. The summed E-state index contributed by atoms with van der Waals surface area (Å²) in [6.45, 7) is 2.78. The number of rotatable bonds is 4. The number of nitrogens with one attached hydrogen (secondary N) is 1. The molecule has 2 aromatic rings. The predicted molar refractivity (Wildman–Crippen MR) is 83.2 cm³/mol. The van der Waals surface area contributed by atoms with E-state index in [9.17, 15) is 0 Å². The first-order chi connectivity index (χ1) is 9.10. The highest BCUT2D eigenvalue weighted by molar-refractivity contribution is 9.10. The van der Waals surface area contributed by atoms with Crippen molar-refractivity contribution in [3.63, 3.8) is 0 Å². The van der Waals surface area contributed by atoms with E-state index in [1.165, 1.54) is 5.56 Å². The Morgan fingerprint density at radius 1 is 1.16 bits per heavy atom. The molecule has 0 radical (unpaired) electrons. The molecule has 0 saturated heterocycles. The summed E-state index contributed by atoms with van der Waals surface area (Å²) in [5, 5.41) is 3.87. The summed E-state index contributed by atoms with van der Waals surface area (Å²) >= 11 is 9.54. The predicted octanol–water partition coefficient (Wildman–Crippen LogP) is 4.92. The fourth-order valence-corrected chi connectivity index (χ4v) is 2.36. The van der Waals surface area contributed by atoms with Crippen LogP contribution in [-0.4, -0.2) is 7.05 Å². The summed E-state index contributed by atoms with van der Waals surface area (Å²) in [6.07, 6.45) is 0. The molecule has 0 aliphatic rings. The molecule has 100 valence electrons. The number of hydrogen-bond donors (Lipinski definition) is 1. The van der Waals surface area contributed by atoms with E-state index in [2.05, 4.69) is 21.2 Å². The normalized spacial score (nSPS) is 10.5. The topological polar surface area (TPSA) is 21.3 Å². The zero-order valence-corrected chi connectivity index (χ0v) is 13.2. The second kappa shape index (κ2) is 6.42. The van der Waals surface area contributed by atoms with Crippen molar-refractivity contribution in [1.29, 1.82) is 0 Å². The molecule has 0 amide bonds. The van der Waals surface area contributed by atoms with Crippen molar-refractivity contribution in [2.75, 3.05) is 7.05 Å². The Balaban J connectivity index is 2.19. The second-order valence-electron chi connectivity index (χ2n) is 4.30. The summed E-state index contributed by atoms with van der Waals surface area (Å²) in [5.41, 5.74) is 2.20. The minimum absolute atomic E-state index is 0.748. The number of hydrogen-bond acceptors (Lipinski definition) is 2. The molecule has 0 spiro atoms. The molecule has 0 heterocycles. The van der Waals surface area contributed by atoms with Gasteiger partial charge in [-0.1, -0.05) is 33.6 Å². The first kappa shape index (κ1) is 14.4. The van der Waals surface area contributed by atoms with Crippen molar-refractivity contribution in [2.24, 2.45) is 0 Å². The zero-order valence-electron chi connectivity index (χ0n) is 10.8. The smallest absolute Gasteiger partial charge is 0.128 e. The summed E-state index contributed by atoms with van der Waals surface area (Å²) in [5.74, 6) is 1.59. The molecule has 2 nitrogen and oxygen atoms in total. The number of benzene rings is 2. The van der Waals surface area contributed by atoms with Gasteiger partial charge in [-0.05, 0) is 55.4 Å². The van der Waals surface area contributed by atoms with Gasteiger partial charge in [-0.25, -0.2) is 0 Å². The molecule has 2 aromatic carbocycles. The largest absolute Gasteiger partial charge is 0.457 e. The van der Waals surface area contributed by atoms with Crippen molar-refractivity contribution in [3.8, 4) is 11.5 Å². The fourth-order valence-electron chi connectivity index (χ4n) is 1.74. The quantitative estimate of drug-likeness (QED) is 0.852. The zero-order chi connectivity index (χ0) is 13.8. The standard InChI is InChI=1S/C15H15BrClNO/c1-10-7-12(5-6-15(10)17)19-13-4-3-11(9-18-2)14(16)8-13/h3-8,18H,9H2,1-2H3.